The van der Waals surface area contributed by atoms with Crippen molar-refractivity contribution in [1.82, 2.24) is 20.5 Å². The number of hydrogen-bond acceptors (Lipinski definition) is 6. The summed E-state index contributed by atoms with van der Waals surface area (Å²) in [5.74, 6) is 2.38. The summed E-state index contributed by atoms with van der Waals surface area (Å²) >= 11 is 3.06. The van der Waals surface area contributed by atoms with Gasteiger partial charge in [0.15, 0.2) is 0 Å². The molecule has 2 rings (SSSR count). The van der Waals surface area contributed by atoms with Gasteiger partial charge in [0.05, 0.1) is 5.75 Å². The number of anilines is 1. The normalized spacial score (nSPS) is 10.5. The lowest BCUT2D eigenvalue weighted by molar-refractivity contribution is -0.118. The maximum atomic E-state index is 11.6. The first-order valence-electron chi connectivity index (χ1n) is 6.43. The van der Waals surface area contributed by atoms with Gasteiger partial charge in [-0.1, -0.05) is 42.1 Å². The highest BCUT2D eigenvalue weighted by Crippen LogP contribution is 2.12. The van der Waals surface area contributed by atoms with E-state index in [1.807, 2.05) is 18.2 Å². The van der Waals surface area contributed by atoms with E-state index in [0.29, 0.717) is 17.5 Å². The van der Waals surface area contributed by atoms with Gasteiger partial charge in [-0.25, -0.2) is 5.10 Å². The molecule has 0 spiro atoms. The molecular weight excluding hydrogens is 306 g/mol. The van der Waals surface area contributed by atoms with Gasteiger partial charge < -0.3 is 11.1 Å². The lowest BCUT2D eigenvalue weighted by Gasteiger charge is -2.04. The second-order valence-electron chi connectivity index (χ2n) is 4.18. The van der Waals surface area contributed by atoms with E-state index in [-0.39, 0.29) is 11.9 Å². The minimum Gasteiger partial charge on any atom is -0.368 e. The van der Waals surface area contributed by atoms with Crippen LogP contribution in [0.25, 0.3) is 0 Å². The third kappa shape index (κ3) is 6.09. The van der Waals surface area contributed by atoms with Gasteiger partial charge in [0, 0.05) is 18.1 Å². The number of aromatic nitrogens is 3. The Morgan fingerprint density at radius 3 is 2.86 bits per heavy atom. The molecule has 0 aliphatic carbocycles. The predicted octanol–water partition coefficient (Wildman–Crippen LogP) is 1.53. The van der Waals surface area contributed by atoms with Crippen LogP contribution in [0, 0.1) is 0 Å². The molecule has 1 aromatic carbocycles. The Morgan fingerprint density at radius 2 is 2.14 bits per heavy atom. The van der Waals surface area contributed by atoms with Gasteiger partial charge in [0.1, 0.15) is 0 Å². The van der Waals surface area contributed by atoms with Gasteiger partial charge in [-0.3, -0.25) is 4.79 Å². The molecule has 0 unspecified atom stereocenters. The molecule has 1 heterocycles. The first-order valence-corrected chi connectivity index (χ1v) is 8.57. The largest absolute Gasteiger partial charge is 0.368 e. The number of nitrogens with one attached hydrogen (secondary N) is 2. The van der Waals surface area contributed by atoms with Crippen LogP contribution in [-0.4, -0.2) is 39.1 Å². The number of nitrogen functional groups attached to an aromatic ring is 1. The van der Waals surface area contributed by atoms with E-state index in [1.54, 1.807) is 11.8 Å². The highest BCUT2D eigenvalue weighted by molar-refractivity contribution is 7.99. The Labute approximate surface area is 131 Å². The fraction of sp³-hybridized carbons (Fsp3) is 0.308. The van der Waals surface area contributed by atoms with Crippen molar-refractivity contribution in [3.8, 4) is 0 Å². The summed E-state index contributed by atoms with van der Waals surface area (Å²) in [4.78, 5) is 15.5. The maximum Gasteiger partial charge on any atom is 0.230 e. The Morgan fingerprint density at radius 1 is 1.33 bits per heavy atom. The molecule has 0 saturated heterocycles. The SMILES string of the molecule is Nc1nc(SCC(=O)NCCSCc2ccccc2)n[nH]1. The molecule has 1 amide bonds. The number of rotatable bonds is 8. The van der Waals surface area contributed by atoms with Gasteiger partial charge >= 0.3 is 0 Å². The highest BCUT2D eigenvalue weighted by atomic mass is 32.2. The molecule has 8 heteroatoms. The number of aromatic amines is 1. The molecule has 2 aromatic rings. The van der Waals surface area contributed by atoms with Gasteiger partial charge in [-0.2, -0.15) is 16.7 Å². The summed E-state index contributed by atoms with van der Waals surface area (Å²) in [7, 11) is 0. The van der Waals surface area contributed by atoms with Gasteiger partial charge in [-0.15, -0.1) is 5.10 Å². The molecule has 6 nitrogen and oxygen atoms in total. The van der Waals surface area contributed by atoms with Gasteiger partial charge in [0.2, 0.25) is 17.0 Å². The molecule has 4 N–H and O–H groups in total. The van der Waals surface area contributed by atoms with Crippen LogP contribution in [0.3, 0.4) is 0 Å². The molecule has 0 aliphatic rings. The average molecular weight is 323 g/mol. The minimum atomic E-state index is -0.0244. The molecule has 112 valence electrons. The lowest BCUT2D eigenvalue weighted by atomic mass is 10.2. The predicted molar refractivity (Wildman–Crippen MR) is 87.1 cm³/mol. The van der Waals surface area contributed by atoms with Crippen LogP contribution < -0.4 is 11.1 Å². The summed E-state index contributed by atoms with van der Waals surface area (Å²) in [6, 6.07) is 10.3. The molecule has 0 atom stereocenters. The highest BCUT2D eigenvalue weighted by Gasteiger charge is 2.05. The quantitative estimate of drug-likeness (QED) is 0.503. The summed E-state index contributed by atoms with van der Waals surface area (Å²) in [5.41, 5.74) is 6.70. The van der Waals surface area contributed by atoms with Crippen molar-refractivity contribution in [2.24, 2.45) is 0 Å². The topological polar surface area (TPSA) is 96.7 Å². The first kappa shape index (κ1) is 15.7. The molecular formula is C13H17N5OS2. The number of H-pyrrole nitrogens is 1. The van der Waals surface area contributed by atoms with Crippen LogP contribution in [-0.2, 0) is 10.5 Å². The fourth-order valence-corrected chi connectivity index (χ4v) is 2.98. The Kier molecular flexibility index (Phi) is 6.42. The number of hydrogen-bond donors (Lipinski definition) is 3. The molecule has 21 heavy (non-hydrogen) atoms. The number of thioether (sulfide) groups is 2. The molecule has 0 bridgehead atoms. The van der Waals surface area contributed by atoms with Crippen LogP contribution in [0.2, 0.25) is 0 Å². The van der Waals surface area contributed by atoms with Crippen LogP contribution in [0.1, 0.15) is 5.56 Å². The molecule has 0 radical (unpaired) electrons. The Hall–Kier alpha value is -1.67. The van der Waals surface area contributed by atoms with Crippen LogP contribution in [0.15, 0.2) is 35.5 Å². The summed E-state index contributed by atoms with van der Waals surface area (Å²) in [5, 5.41) is 9.73. The first-order chi connectivity index (χ1) is 10.2. The van der Waals surface area contributed by atoms with Crippen molar-refractivity contribution in [3.05, 3.63) is 35.9 Å². The van der Waals surface area contributed by atoms with E-state index in [1.165, 1.54) is 17.3 Å². The molecule has 0 fully saturated rings. The number of carbonyl (C=O) groups is 1. The van der Waals surface area contributed by atoms with Crippen molar-refractivity contribution in [3.63, 3.8) is 0 Å². The minimum absolute atomic E-state index is 0.0244. The van der Waals surface area contributed by atoms with Crippen molar-refractivity contribution >= 4 is 35.4 Å². The second kappa shape index (κ2) is 8.58. The lowest BCUT2D eigenvalue weighted by Crippen LogP contribution is -2.27. The summed E-state index contributed by atoms with van der Waals surface area (Å²) in [6.45, 7) is 0.660. The molecule has 1 aromatic heterocycles. The number of benzene rings is 1. The zero-order valence-electron chi connectivity index (χ0n) is 11.4. The van der Waals surface area contributed by atoms with Crippen LogP contribution in [0.5, 0.6) is 0 Å². The van der Waals surface area contributed by atoms with E-state index in [9.17, 15) is 4.79 Å². The second-order valence-corrected chi connectivity index (χ2v) is 6.23. The molecule has 0 aliphatic heterocycles. The van der Waals surface area contributed by atoms with E-state index in [2.05, 4.69) is 32.6 Å². The van der Waals surface area contributed by atoms with Crippen molar-refractivity contribution < 1.29 is 4.79 Å². The van der Waals surface area contributed by atoms with Crippen molar-refractivity contribution in [2.75, 3.05) is 23.8 Å². The van der Waals surface area contributed by atoms with E-state index < -0.39 is 0 Å². The summed E-state index contributed by atoms with van der Waals surface area (Å²) in [6.07, 6.45) is 0. The van der Waals surface area contributed by atoms with E-state index in [0.717, 1.165) is 11.5 Å². The monoisotopic (exact) mass is 323 g/mol. The van der Waals surface area contributed by atoms with Crippen LogP contribution >= 0.6 is 23.5 Å². The third-order valence-electron chi connectivity index (χ3n) is 2.49. The number of carbonyl (C=O) groups excluding carboxylic acids is 1. The van der Waals surface area contributed by atoms with Crippen molar-refractivity contribution in [2.45, 2.75) is 10.9 Å². The smallest absolute Gasteiger partial charge is 0.230 e. The number of nitrogens with zero attached hydrogens (tertiary/aromatic N) is 2. The number of nitrogens with two attached hydrogens (primary N) is 1. The average Bonchev–Trinajstić information content (AvgIpc) is 2.91. The van der Waals surface area contributed by atoms with Gasteiger partial charge in [0.25, 0.3) is 0 Å². The number of amides is 1. The van der Waals surface area contributed by atoms with Gasteiger partial charge in [-0.05, 0) is 5.56 Å². The van der Waals surface area contributed by atoms with Crippen molar-refractivity contribution in [1.29, 1.82) is 0 Å². The van der Waals surface area contributed by atoms with Crippen LogP contribution in [0.4, 0.5) is 5.95 Å². The Balaban J connectivity index is 1.53. The summed E-state index contributed by atoms with van der Waals surface area (Å²) < 4.78 is 0. The molecule has 0 saturated carbocycles. The fourth-order valence-electron chi connectivity index (χ4n) is 1.53. The van der Waals surface area contributed by atoms with E-state index in [4.69, 9.17) is 5.73 Å². The standard InChI is InChI=1S/C13H17N5OS2/c14-12-16-13(18-17-12)21-9-11(19)15-6-7-20-8-10-4-2-1-3-5-10/h1-5H,6-9H2,(H,15,19)(H3,14,16,17,18). The van der Waals surface area contributed by atoms with E-state index >= 15 is 0 Å². The zero-order valence-corrected chi connectivity index (χ0v) is 13.0. The third-order valence-corrected chi connectivity index (χ3v) is 4.37. The maximum absolute atomic E-state index is 11.6. The zero-order chi connectivity index (χ0) is 14.9. The Bertz CT molecular complexity index is 561.